The molecule has 0 spiro atoms. The van der Waals surface area contributed by atoms with Gasteiger partial charge in [-0.25, -0.2) is 0 Å². The molecule has 0 bridgehead atoms. The highest BCUT2D eigenvalue weighted by atomic mass is 16.5. The molecule has 3 nitrogen and oxygen atoms in total. The van der Waals surface area contributed by atoms with Gasteiger partial charge in [0.2, 0.25) is 0 Å². The van der Waals surface area contributed by atoms with Crippen molar-refractivity contribution in [2.45, 2.75) is 32.4 Å². The summed E-state index contributed by atoms with van der Waals surface area (Å²) < 4.78 is 11.0. The quantitative estimate of drug-likeness (QED) is 0.849. The highest BCUT2D eigenvalue weighted by Gasteiger charge is 2.30. The average molecular weight is 221 g/mol. The zero-order chi connectivity index (χ0) is 11.6. The Hall–Kier alpha value is -1.06. The molecule has 1 saturated heterocycles. The van der Waals surface area contributed by atoms with Gasteiger partial charge in [-0.15, -0.1) is 0 Å². The van der Waals surface area contributed by atoms with Gasteiger partial charge in [-0.1, -0.05) is 12.1 Å². The fraction of sp³-hybridized carbons (Fsp3) is 0.538. The number of hydrogen-bond donors (Lipinski definition) is 1. The minimum absolute atomic E-state index is 0.0592. The van der Waals surface area contributed by atoms with Crippen molar-refractivity contribution < 1.29 is 9.47 Å². The zero-order valence-electron chi connectivity index (χ0n) is 10.1. The van der Waals surface area contributed by atoms with Crippen molar-refractivity contribution in [3.8, 4) is 5.75 Å². The SMILES string of the molecule is CC(C)Oc1ccc(C2(C)COCN2)cc1. The summed E-state index contributed by atoms with van der Waals surface area (Å²) in [4.78, 5) is 0. The summed E-state index contributed by atoms with van der Waals surface area (Å²) in [5.41, 5.74) is 1.18. The monoisotopic (exact) mass is 221 g/mol. The van der Waals surface area contributed by atoms with Crippen molar-refractivity contribution in [1.82, 2.24) is 5.32 Å². The molecule has 0 amide bonds. The Balaban J connectivity index is 2.12. The summed E-state index contributed by atoms with van der Waals surface area (Å²) >= 11 is 0. The van der Waals surface area contributed by atoms with E-state index in [9.17, 15) is 0 Å². The van der Waals surface area contributed by atoms with Crippen LogP contribution in [0.25, 0.3) is 0 Å². The van der Waals surface area contributed by atoms with Gasteiger partial charge in [0.25, 0.3) is 0 Å². The van der Waals surface area contributed by atoms with Crippen LogP contribution in [-0.4, -0.2) is 19.4 Å². The first-order valence-electron chi connectivity index (χ1n) is 5.70. The normalized spacial score (nSPS) is 25.0. The lowest BCUT2D eigenvalue weighted by atomic mass is 9.94. The minimum Gasteiger partial charge on any atom is -0.491 e. The smallest absolute Gasteiger partial charge is 0.119 e. The van der Waals surface area contributed by atoms with Gasteiger partial charge in [-0.05, 0) is 38.5 Å². The van der Waals surface area contributed by atoms with Crippen LogP contribution in [-0.2, 0) is 10.3 Å². The maximum atomic E-state index is 5.61. The molecule has 0 aliphatic carbocycles. The van der Waals surface area contributed by atoms with Crippen molar-refractivity contribution in [3.05, 3.63) is 29.8 Å². The molecular formula is C13H19NO2. The van der Waals surface area contributed by atoms with Crippen molar-refractivity contribution in [1.29, 1.82) is 0 Å². The van der Waals surface area contributed by atoms with Crippen LogP contribution in [0.4, 0.5) is 0 Å². The lowest BCUT2D eigenvalue weighted by Gasteiger charge is -2.23. The fourth-order valence-electron chi connectivity index (χ4n) is 1.88. The number of nitrogens with one attached hydrogen (secondary N) is 1. The van der Waals surface area contributed by atoms with E-state index in [0.717, 1.165) is 12.4 Å². The molecule has 1 aliphatic rings. The Kier molecular flexibility index (Phi) is 3.17. The second-order valence-corrected chi connectivity index (χ2v) is 4.69. The molecule has 2 rings (SSSR count). The third kappa shape index (κ3) is 2.36. The molecular weight excluding hydrogens is 202 g/mol. The standard InChI is InChI=1S/C13H19NO2/c1-10(2)16-12-6-4-11(5-7-12)13(3)8-15-9-14-13/h4-7,10,14H,8-9H2,1-3H3. The maximum Gasteiger partial charge on any atom is 0.119 e. The third-order valence-corrected chi connectivity index (χ3v) is 2.82. The summed E-state index contributed by atoms with van der Waals surface area (Å²) in [7, 11) is 0. The summed E-state index contributed by atoms with van der Waals surface area (Å²) in [5, 5.41) is 3.35. The largest absolute Gasteiger partial charge is 0.491 e. The molecule has 16 heavy (non-hydrogen) atoms. The molecule has 1 unspecified atom stereocenters. The lowest BCUT2D eigenvalue weighted by molar-refractivity contribution is 0.179. The van der Waals surface area contributed by atoms with E-state index >= 15 is 0 Å². The van der Waals surface area contributed by atoms with Gasteiger partial charge in [0.15, 0.2) is 0 Å². The molecule has 1 aliphatic heterocycles. The number of benzene rings is 1. The minimum atomic E-state index is -0.0592. The Morgan fingerprint density at radius 1 is 1.31 bits per heavy atom. The third-order valence-electron chi connectivity index (χ3n) is 2.82. The van der Waals surface area contributed by atoms with Gasteiger partial charge < -0.3 is 9.47 Å². The Bertz CT molecular complexity index is 339. The molecule has 3 heteroatoms. The predicted octanol–water partition coefficient (Wildman–Crippen LogP) is 2.27. The van der Waals surface area contributed by atoms with Gasteiger partial charge in [0.1, 0.15) is 5.75 Å². The van der Waals surface area contributed by atoms with E-state index in [4.69, 9.17) is 9.47 Å². The molecule has 1 atom stereocenters. The van der Waals surface area contributed by atoms with Gasteiger partial charge in [-0.3, -0.25) is 5.32 Å². The summed E-state index contributed by atoms with van der Waals surface area (Å²) in [5.74, 6) is 0.918. The van der Waals surface area contributed by atoms with Gasteiger partial charge in [0, 0.05) is 0 Å². The van der Waals surface area contributed by atoms with E-state index in [1.54, 1.807) is 0 Å². The van der Waals surface area contributed by atoms with Crippen molar-refractivity contribution in [3.63, 3.8) is 0 Å². The Morgan fingerprint density at radius 3 is 2.50 bits per heavy atom. The van der Waals surface area contributed by atoms with Crippen LogP contribution in [0.5, 0.6) is 5.75 Å². The van der Waals surface area contributed by atoms with Gasteiger partial charge >= 0.3 is 0 Å². The first kappa shape index (κ1) is 11.4. The lowest BCUT2D eigenvalue weighted by Crippen LogP contribution is -2.35. The van der Waals surface area contributed by atoms with E-state index in [1.807, 2.05) is 26.0 Å². The molecule has 1 heterocycles. The van der Waals surface area contributed by atoms with Crippen molar-refractivity contribution in [2.75, 3.05) is 13.3 Å². The predicted molar refractivity (Wildman–Crippen MR) is 63.5 cm³/mol. The fourth-order valence-corrected chi connectivity index (χ4v) is 1.88. The van der Waals surface area contributed by atoms with E-state index in [1.165, 1.54) is 5.56 Å². The van der Waals surface area contributed by atoms with Crippen LogP contribution in [0.1, 0.15) is 26.3 Å². The van der Waals surface area contributed by atoms with Crippen LogP contribution in [0, 0.1) is 0 Å². The number of rotatable bonds is 3. The second-order valence-electron chi connectivity index (χ2n) is 4.69. The van der Waals surface area contributed by atoms with Crippen LogP contribution in [0.15, 0.2) is 24.3 Å². The first-order valence-corrected chi connectivity index (χ1v) is 5.70. The average Bonchev–Trinajstić information content (AvgIpc) is 2.66. The summed E-state index contributed by atoms with van der Waals surface area (Å²) in [6.07, 6.45) is 0.217. The second kappa shape index (κ2) is 4.44. The molecule has 1 fully saturated rings. The maximum absolute atomic E-state index is 5.61. The highest BCUT2D eigenvalue weighted by Crippen LogP contribution is 2.26. The topological polar surface area (TPSA) is 30.5 Å². The van der Waals surface area contributed by atoms with E-state index in [0.29, 0.717) is 6.73 Å². The zero-order valence-corrected chi connectivity index (χ0v) is 10.1. The summed E-state index contributed by atoms with van der Waals surface area (Å²) in [6, 6.07) is 8.22. The molecule has 1 aromatic rings. The summed E-state index contributed by atoms with van der Waals surface area (Å²) in [6.45, 7) is 7.56. The van der Waals surface area contributed by atoms with E-state index in [-0.39, 0.29) is 11.6 Å². The van der Waals surface area contributed by atoms with Crippen molar-refractivity contribution >= 4 is 0 Å². The Labute approximate surface area is 96.8 Å². The molecule has 0 aromatic heterocycles. The molecule has 88 valence electrons. The van der Waals surface area contributed by atoms with Crippen LogP contribution in [0.3, 0.4) is 0 Å². The molecule has 0 saturated carbocycles. The molecule has 1 aromatic carbocycles. The van der Waals surface area contributed by atoms with E-state index < -0.39 is 0 Å². The van der Waals surface area contributed by atoms with Crippen molar-refractivity contribution in [2.24, 2.45) is 0 Å². The van der Waals surface area contributed by atoms with E-state index in [2.05, 4.69) is 24.4 Å². The van der Waals surface area contributed by atoms with Crippen LogP contribution >= 0.6 is 0 Å². The number of hydrogen-bond acceptors (Lipinski definition) is 3. The number of ether oxygens (including phenoxy) is 2. The Morgan fingerprint density at radius 2 is 2.00 bits per heavy atom. The van der Waals surface area contributed by atoms with Gasteiger partial charge in [-0.2, -0.15) is 0 Å². The van der Waals surface area contributed by atoms with Crippen LogP contribution < -0.4 is 10.1 Å². The molecule has 1 N–H and O–H groups in total. The van der Waals surface area contributed by atoms with Gasteiger partial charge in [0.05, 0.1) is 25.0 Å². The molecule has 0 radical (unpaired) electrons. The van der Waals surface area contributed by atoms with Crippen LogP contribution in [0.2, 0.25) is 0 Å². The first-order chi connectivity index (χ1) is 7.60. The highest BCUT2D eigenvalue weighted by molar-refractivity contribution is 5.32.